The van der Waals surface area contributed by atoms with Gasteiger partial charge in [0.05, 0.1) is 18.8 Å². The number of carbonyl (C=O) groups is 2. The van der Waals surface area contributed by atoms with Crippen molar-refractivity contribution in [2.45, 2.75) is 238 Å². The van der Waals surface area contributed by atoms with Crippen LogP contribution in [-0.4, -0.2) is 53.3 Å². The summed E-state index contributed by atoms with van der Waals surface area (Å²) in [4.78, 5) is 43.0. The van der Waals surface area contributed by atoms with Gasteiger partial charge < -0.3 is 24.0 Å². The molecule has 0 radical (unpaired) electrons. The minimum absolute atomic E-state index is 0.133. The highest BCUT2D eigenvalue weighted by Crippen LogP contribution is 2.36. The largest absolute Gasteiger partial charge is 0.469 e. The molecule has 1 rings (SSSR count). The molecule has 338 valence electrons. The van der Waals surface area contributed by atoms with Crippen LogP contribution >= 0.6 is 7.82 Å². The summed E-state index contributed by atoms with van der Waals surface area (Å²) in [6, 6.07) is 0. The van der Waals surface area contributed by atoms with E-state index in [-0.39, 0.29) is 19.4 Å². The van der Waals surface area contributed by atoms with Gasteiger partial charge in [-0.15, -0.1) is 0 Å². The van der Waals surface area contributed by atoms with Crippen LogP contribution in [0.2, 0.25) is 0 Å². The number of rotatable bonds is 42. The van der Waals surface area contributed by atoms with Gasteiger partial charge in [0.1, 0.15) is 6.61 Å². The second-order valence-corrected chi connectivity index (χ2v) is 18.0. The molecule has 1 aliphatic rings. The standard InChI is InChI=1S/C48H87O9P/c1-4-6-31-37-45-46(57-45)38-33-28-24-20-17-18-22-26-30-35-40-48(50)56-44(42-55-58(51,52)53)41-54-47(49)39-34-29-25-21-16-14-12-10-8-7-9-11-13-15-19-23-27-32-36-43(3)5-2/h17,20,22,26,28,33,43-46H,4-16,18-19,21,23-25,27,29-32,34-42H2,1-3H3,(H2,51,52,53)/b20-17-,26-22-,33-28-/t43?,44-,45?,46?/m1/s1. The zero-order valence-electron chi connectivity index (χ0n) is 37.3. The van der Waals surface area contributed by atoms with E-state index in [0.717, 1.165) is 44.4 Å². The Morgan fingerprint density at radius 1 is 0.621 bits per heavy atom. The summed E-state index contributed by atoms with van der Waals surface area (Å²) >= 11 is 0. The number of esters is 2. The summed E-state index contributed by atoms with van der Waals surface area (Å²) in [5.41, 5.74) is 0. The molecule has 1 aliphatic heterocycles. The van der Waals surface area contributed by atoms with Gasteiger partial charge in [-0.1, -0.05) is 198 Å². The van der Waals surface area contributed by atoms with E-state index in [1.165, 1.54) is 135 Å². The first kappa shape index (κ1) is 54.2. The van der Waals surface area contributed by atoms with Crippen molar-refractivity contribution in [3.05, 3.63) is 36.5 Å². The van der Waals surface area contributed by atoms with Gasteiger partial charge in [0.25, 0.3) is 0 Å². The highest BCUT2D eigenvalue weighted by atomic mass is 31.2. The van der Waals surface area contributed by atoms with E-state index >= 15 is 0 Å². The number of phosphoric acid groups is 1. The molecule has 2 N–H and O–H groups in total. The average Bonchev–Trinajstić information content (AvgIpc) is 3.95. The van der Waals surface area contributed by atoms with Gasteiger partial charge in [-0.05, 0) is 50.9 Å². The lowest BCUT2D eigenvalue weighted by molar-refractivity contribution is -0.161. The van der Waals surface area contributed by atoms with Crippen molar-refractivity contribution in [2.24, 2.45) is 5.92 Å². The van der Waals surface area contributed by atoms with Crippen molar-refractivity contribution >= 4 is 19.8 Å². The van der Waals surface area contributed by atoms with Crippen LogP contribution in [0.25, 0.3) is 0 Å². The number of carbonyl (C=O) groups excluding carboxylic acids is 2. The van der Waals surface area contributed by atoms with Gasteiger partial charge >= 0.3 is 19.8 Å². The number of epoxide rings is 1. The van der Waals surface area contributed by atoms with Crippen molar-refractivity contribution in [1.82, 2.24) is 0 Å². The highest BCUT2D eigenvalue weighted by molar-refractivity contribution is 7.46. The number of ether oxygens (including phenoxy) is 3. The van der Waals surface area contributed by atoms with Crippen molar-refractivity contribution in [2.75, 3.05) is 13.2 Å². The fraction of sp³-hybridized carbons (Fsp3) is 0.833. The van der Waals surface area contributed by atoms with Crippen LogP contribution < -0.4 is 0 Å². The van der Waals surface area contributed by atoms with Gasteiger partial charge in [-0.25, -0.2) is 4.57 Å². The van der Waals surface area contributed by atoms with Gasteiger partial charge in [0.15, 0.2) is 6.10 Å². The Balaban J connectivity index is 2.03. The summed E-state index contributed by atoms with van der Waals surface area (Å²) in [6.07, 6.45) is 47.6. The normalized spacial score (nSPS) is 16.8. The Morgan fingerprint density at radius 2 is 1.14 bits per heavy atom. The van der Waals surface area contributed by atoms with E-state index in [4.69, 9.17) is 24.0 Å². The molecule has 4 atom stereocenters. The smallest absolute Gasteiger partial charge is 0.462 e. The van der Waals surface area contributed by atoms with E-state index in [1.807, 2.05) is 6.08 Å². The second-order valence-electron chi connectivity index (χ2n) is 16.7. The molecule has 0 aromatic rings. The number of unbranched alkanes of at least 4 members (excludes halogenated alkanes) is 20. The molecule has 1 fully saturated rings. The summed E-state index contributed by atoms with van der Waals surface area (Å²) in [7, 11) is -4.77. The van der Waals surface area contributed by atoms with Crippen LogP contribution in [0.4, 0.5) is 0 Å². The van der Waals surface area contributed by atoms with Crippen molar-refractivity contribution in [1.29, 1.82) is 0 Å². The maximum Gasteiger partial charge on any atom is 0.469 e. The lowest BCUT2D eigenvalue weighted by Gasteiger charge is -2.18. The predicted octanol–water partition coefficient (Wildman–Crippen LogP) is 13.8. The molecule has 0 bridgehead atoms. The fourth-order valence-corrected chi connectivity index (χ4v) is 7.44. The van der Waals surface area contributed by atoms with Gasteiger partial charge in [-0.2, -0.15) is 0 Å². The van der Waals surface area contributed by atoms with Crippen LogP contribution in [-0.2, 0) is 32.9 Å². The molecule has 0 saturated carbocycles. The maximum atomic E-state index is 12.4. The molecule has 10 heteroatoms. The number of hydrogen-bond acceptors (Lipinski definition) is 7. The topological polar surface area (TPSA) is 132 Å². The van der Waals surface area contributed by atoms with E-state index in [0.29, 0.717) is 25.0 Å². The highest BCUT2D eigenvalue weighted by Gasteiger charge is 2.36. The molecule has 1 heterocycles. The molecule has 0 amide bonds. The summed E-state index contributed by atoms with van der Waals surface area (Å²) in [5, 5.41) is 0. The SMILES string of the molecule is CCCCCC1OC1C/C=C\C/C=C\C/C=C\CCCC(=O)O[C@H](COC(=O)CCCCCCCCCCCCCCCCCCCCC(C)CC)COP(=O)(O)O. The van der Waals surface area contributed by atoms with Crippen LogP contribution in [0, 0.1) is 5.92 Å². The lowest BCUT2D eigenvalue weighted by Crippen LogP contribution is -2.29. The van der Waals surface area contributed by atoms with Crippen LogP contribution in [0.15, 0.2) is 36.5 Å². The summed E-state index contributed by atoms with van der Waals surface area (Å²) in [5.74, 6) is -0.0489. The Bertz CT molecular complexity index is 1120. The molecule has 0 aromatic heterocycles. The van der Waals surface area contributed by atoms with E-state index in [2.05, 4.69) is 55.7 Å². The molecular formula is C48H87O9P. The van der Waals surface area contributed by atoms with E-state index in [1.54, 1.807) is 0 Å². The fourth-order valence-electron chi connectivity index (χ4n) is 7.08. The van der Waals surface area contributed by atoms with Gasteiger partial charge in [-0.3, -0.25) is 14.1 Å². The third-order valence-electron chi connectivity index (χ3n) is 11.1. The molecule has 9 nitrogen and oxygen atoms in total. The zero-order chi connectivity index (χ0) is 42.4. The molecule has 0 spiro atoms. The molecule has 0 aromatic carbocycles. The van der Waals surface area contributed by atoms with E-state index in [9.17, 15) is 14.2 Å². The lowest BCUT2D eigenvalue weighted by atomic mass is 9.99. The first-order valence-electron chi connectivity index (χ1n) is 23.8. The van der Waals surface area contributed by atoms with Gasteiger partial charge in [0, 0.05) is 12.8 Å². The quantitative estimate of drug-likeness (QED) is 0.0203. The molecule has 3 unspecified atom stereocenters. The summed E-state index contributed by atoms with van der Waals surface area (Å²) in [6.45, 7) is 6.02. The van der Waals surface area contributed by atoms with Crippen molar-refractivity contribution in [3.8, 4) is 0 Å². The number of allylic oxidation sites excluding steroid dienone is 5. The molecule has 0 aliphatic carbocycles. The Morgan fingerprint density at radius 3 is 1.69 bits per heavy atom. The minimum Gasteiger partial charge on any atom is -0.462 e. The van der Waals surface area contributed by atoms with Crippen LogP contribution in [0.5, 0.6) is 0 Å². The first-order chi connectivity index (χ1) is 28.1. The number of phosphoric ester groups is 1. The van der Waals surface area contributed by atoms with E-state index < -0.39 is 32.5 Å². The van der Waals surface area contributed by atoms with Gasteiger partial charge in [0.2, 0.25) is 0 Å². The Kier molecular flexibility index (Phi) is 35.7. The number of hydrogen-bond donors (Lipinski definition) is 2. The second kappa shape index (κ2) is 38.2. The predicted molar refractivity (Wildman–Crippen MR) is 239 cm³/mol. The molecule has 1 saturated heterocycles. The summed E-state index contributed by atoms with van der Waals surface area (Å²) < 4.78 is 32.1. The third kappa shape index (κ3) is 37.2. The Hall–Kier alpha value is -1.77. The first-order valence-corrected chi connectivity index (χ1v) is 25.3. The maximum absolute atomic E-state index is 12.4. The molecule has 58 heavy (non-hydrogen) atoms. The zero-order valence-corrected chi connectivity index (χ0v) is 38.2. The third-order valence-corrected chi connectivity index (χ3v) is 11.6. The van der Waals surface area contributed by atoms with Crippen LogP contribution in [0.1, 0.15) is 220 Å². The van der Waals surface area contributed by atoms with Crippen LogP contribution in [0.3, 0.4) is 0 Å². The van der Waals surface area contributed by atoms with Crippen molar-refractivity contribution in [3.63, 3.8) is 0 Å². The average molecular weight is 839 g/mol. The minimum atomic E-state index is -4.77. The Labute approximate surface area is 355 Å². The molecular weight excluding hydrogens is 751 g/mol. The van der Waals surface area contributed by atoms with Crippen molar-refractivity contribution < 1.29 is 42.7 Å². The monoisotopic (exact) mass is 839 g/mol.